The van der Waals surface area contributed by atoms with Crippen molar-refractivity contribution < 1.29 is 4.74 Å². The first-order chi connectivity index (χ1) is 7.69. The van der Waals surface area contributed by atoms with Crippen molar-refractivity contribution >= 4 is 0 Å². The molecule has 0 N–H and O–H groups in total. The van der Waals surface area contributed by atoms with E-state index < -0.39 is 0 Å². The van der Waals surface area contributed by atoms with Crippen molar-refractivity contribution in [2.45, 2.75) is 52.9 Å². The van der Waals surface area contributed by atoms with Crippen molar-refractivity contribution in [1.82, 2.24) is 4.98 Å². The summed E-state index contributed by atoms with van der Waals surface area (Å²) in [7, 11) is 0. The topological polar surface area (TPSA) is 22.1 Å². The van der Waals surface area contributed by atoms with Crippen LogP contribution in [0.3, 0.4) is 0 Å². The first kappa shape index (κ1) is 12.4. The van der Waals surface area contributed by atoms with E-state index in [9.17, 15) is 0 Å². The number of aromatic nitrogens is 1. The summed E-state index contributed by atoms with van der Waals surface area (Å²) >= 11 is 0. The fourth-order valence-corrected chi connectivity index (χ4v) is 2.22. The van der Waals surface area contributed by atoms with Gasteiger partial charge >= 0.3 is 0 Å². The molecule has 0 radical (unpaired) electrons. The molecule has 1 aliphatic rings. The van der Waals surface area contributed by atoms with Crippen molar-refractivity contribution in [2.24, 2.45) is 5.41 Å². The molecule has 0 saturated heterocycles. The van der Waals surface area contributed by atoms with Crippen LogP contribution in [-0.4, -0.2) is 11.6 Å². The average molecular weight is 233 g/mol. The third-order valence-electron chi connectivity index (χ3n) is 3.55. The number of hydrogen-bond acceptors (Lipinski definition) is 2. The minimum Gasteiger partial charge on any atom is -0.477 e. The van der Waals surface area contributed by atoms with E-state index in [-0.39, 0.29) is 10.8 Å². The lowest BCUT2D eigenvalue weighted by Crippen LogP contribution is -2.20. The molecule has 0 bridgehead atoms. The van der Waals surface area contributed by atoms with Crippen LogP contribution in [0.5, 0.6) is 5.88 Å². The molecule has 0 amide bonds. The van der Waals surface area contributed by atoms with E-state index in [4.69, 9.17) is 4.74 Å². The highest BCUT2D eigenvalue weighted by Crippen LogP contribution is 2.44. The SMILES string of the molecule is CC(C)(C)c1cnc2c(c1)C(C(C)(C)C)CO2. The van der Waals surface area contributed by atoms with E-state index in [1.165, 1.54) is 11.1 Å². The summed E-state index contributed by atoms with van der Waals surface area (Å²) in [6.45, 7) is 14.2. The Kier molecular flexibility index (Phi) is 2.72. The molecule has 17 heavy (non-hydrogen) atoms. The molecular formula is C15H23NO. The van der Waals surface area contributed by atoms with Gasteiger partial charge in [-0.05, 0) is 22.5 Å². The molecule has 94 valence electrons. The Morgan fingerprint density at radius 2 is 1.82 bits per heavy atom. The van der Waals surface area contributed by atoms with Crippen molar-refractivity contribution in [1.29, 1.82) is 0 Å². The first-order valence-electron chi connectivity index (χ1n) is 6.33. The van der Waals surface area contributed by atoms with E-state index in [2.05, 4.69) is 52.6 Å². The van der Waals surface area contributed by atoms with Gasteiger partial charge in [-0.1, -0.05) is 41.5 Å². The smallest absolute Gasteiger partial charge is 0.216 e. The molecule has 2 heterocycles. The second-order valence-corrected chi connectivity index (χ2v) is 7.10. The lowest BCUT2D eigenvalue weighted by molar-refractivity contribution is 0.240. The standard InChI is InChI=1S/C15H23NO/c1-14(2,3)10-7-11-12(15(4,5)6)9-17-13(11)16-8-10/h7-8,12H,9H2,1-6H3. The summed E-state index contributed by atoms with van der Waals surface area (Å²) in [6, 6.07) is 2.28. The van der Waals surface area contributed by atoms with E-state index >= 15 is 0 Å². The van der Waals surface area contributed by atoms with Crippen LogP contribution in [0.2, 0.25) is 0 Å². The summed E-state index contributed by atoms with van der Waals surface area (Å²) in [6.07, 6.45) is 1.95. The van der Waals surface area contributed by atoms with Gasteiger partial charge in [-0.25, -0.2) is 4.98 Å². The van der Waals surface area contributed by atoms with Crippen LogP contribution in [0.4, 0.5) is 0 Å². The molecule has 1 aliphatic heterocycles. The van der Waals surface area contributed by atoms with Crippen molar-refractivity contribution in [3.05, 3.63) is 23.4 Å². The third kappa shape index (κ3) is 2.31. The minimum absolute atomic E-state index is 0.146. The van der Waals surface area contributed by atoms with Gasteiger partial charge < -0.3 is 4.74 Å². The fourth-order valence-electron chi connectivity index (χ4n) is 2.22. The maximum Gasteiger partial charge on any atom is 0.216 e. The highest BCUT2D eigenvalue weighted by Gasteiger charge is 2.35. The predicted molar refractivity (Wildman–Crippen MR) is 70.6 cm³/mol. The molecule has 0 spiro atoms. The number of ether oxygens (including phenoxy) is 1. The van der Waals surface area contributed by atoms with Crippen molar-refractivity contribution in [3.63, 3.8) is 0 Å². The lowest BCUT2D eigenvalue weighted by Gasteiger charge is -2.26. The van der Waals surface area contributed by atoms with Gasteiger partial charge in [-0.2, -0.15) is 0 Å². The maximum absolute atomic E-state index is 5.69. The van der Waals surface area contributed by atoms with Gasteiger partial charge in [-0.3, -0.25) is 0 Å². The largest absolute Gasteiger partial charge is 0.477 e. The Labute approximate surface area is 104 Å². The highest BCUT2D eigenvalue weighted by molar-refractivity contribution is 5.39. The molecule has 1 atom stereocenters. The Balaban J connectivity index is 2.45. The minimum atomic E-state index is 0.146. The van der Waals surface area contributed by atoms with Gasteiger partial charge in [-0.15, -0.1) is 0 Å². The summed E-state index contributed by atoms with van der Waals surface area (Å²) < 4.78 is 5.69. The lowest BCUT2D eigenvalue weighted by atomic mass is 9.77. The normalized spacial score (nSPS) is 20.0. The Hall–Kier alpha value is -1.05. The van der Waals surface area contributed by atoms with Crippen LogP contribution < -0.4 is 4.74 Å². The molecule has 2 rings (SSSR count). The van der Waals surface area contributed by atoms with Crippen molar-refractivity contribution in [3.8, 4) is 5.88 Å². The zero-order chi connectivity index (χ0) is 12.8. The van der Waals surface area contributed by atoms with Gasteiger partial charge in [0.1, 0.15) is 0 Å². The molecular weight excluding hydrogens is 210 g/mol. The van der Waals surface area contributed by atoms with E-state index in [0.717, 1.165) is 12.5 Å². The van der Waals surface area contributed by atoms with Crippen LogP contribution in [-0.2, 0) is 5.41 Å². The Morgan fingerprint density at radius 1 is 1.18 bits per heavy atom. The van der Waals surface area contributed by atoms with E-state index in [1.54, 1.807) is 0 Å². The molecule has 1 aromatic rings. The molecule has 0 fully saturated rings. The fraction of sp³-hybridized carbons (Fsp3) is 0.667. The number of nitrogens with zero attached hydrogens (tertiary/aromatic N) is 1. The van der Waals surface area contributed by atoms with Crippen LogP contribution in [0.1, 0.15) is 58.6 Å². The molecule has 1 aromatic heterocycles. The summed E-state index contributed by atoms with van der Waals surface area (Å²) in [4.78, 5) is 4.47. The van der Waals surface area contributed by atoms with Crippen LogP contribution >= 0.6 is 0 Å². The van der Waals surface area contributed by atoms with E-state index in [0.29, 0.717) is 5.92 Å². The summed E-state index contributed by atoms with van der Waals surface area (Å²) in [5.41, 5.74) is 2.94. The monoisotopic (exact) mass is 233 g/mol. The number of pyridine rings is 1. The van der Waals surface area contributed by atoms with Crippen LogP contribution in [0.25, 0.3) is 0 Å². The predicted octanol–water partition coefficient (Wildman–Crippen LogP) is 3.90. The number of fused-ring (bicyclic) bond motifs is 1. The highest BCUT2D eigenvalue weighted by atomic mass is 16.5. The molecule has 2 heteroatoms. The summed E-state index contributed by atoms with van der Waals surface area (Å²) in [5, 5.41) is 0. The zero-order valence-electron chi connectivity index (χ0n) is 11.8. The third-order valence-corrected chi connectivity index (χ3v) is 3.55. The average Bonchev–Trinajstić information content (AvgIpc) is 2.57. The van der Waals surface area contributed by atoms with Gasteiger partial charge in [0.15, 0.2) is 0 Å². The van der Waals surface area contributed by atoms with E-state index in [1.807, 2.05) is 6.20 Å². The Bertz CT molecular complexity index is 424. The molecule has 0 aliphatic carbocycles. The maximum atomic E-state index is 5.69. The second-order valence-electron chi connectivity index (χ2n) is 7.10. The number of hydrogen-bond donors (Lipinski definition) is 0. The summed E-state index contributed by atoms with van der Waals surface area (Å²) in [5.74, 6) is 1.28. The molecule has 0 saturated carbocycles. The van der Waals surface area contributed by atoms with Gasteiger partial charge in [0.05, 0.1) is 6.61 Å². The quantitative estimate of drug-likeness (QED) is 0.678. The molecule has 1 unspecified atom stereocenters. The number of rotatable bonds is 0. The Morgan fingerprint density at radius 3 is 2.35 bits per heavy atom. The van der Waals surface area contributed by atoms with Crippen LogP contribution in [0.15, 0.2) is 12.3 Å². The van der Waals surface area contributed by atoms with Gasteiger partial charge in [0.2, 0.25) is 5.88 Å². The second kappa shape index (κ2) is 3.72. The zero-order valence-corrected chi connectivity index (χ0v) is 11.8. The first-order valence-corrected chi connectivity index (χ1v) is 6.33. The van der Waals surface area contributed by atoms with Crippen molar-refractivity contribution in [2.75, 3.05) is 6.61 Å². The van der Waals surface area contributed by atoms with Gasteiger partial charge in [0.25, 0.3) is 0 Å². The van der Waals surface area contributed by atoms with Gasteiger partial charge in [0, 0.05) is 17.7 Å². The molecule has 2 nitrogen and oxygen atoms in total. The molecule has 0 aromatic carbocycles. The van der Waals surface area contributed by atoms with Crippen LogP contribution in [0, 0.1) is 5.41 Å².